The Bertz CT molecular complexity index is 834. The molecule has 2 aromatic rings. The molecule has 1 aromatic heterocycles. The molecule has 0 N–H and O–H groups in total. The molecule has 0 aliphatic carbocycles. The lowest BCUT2D eigenvalue weighted by atomic mass is 9.92. The first-order valence-corrected chi connectivity index (χ1v) is 10.0. The Morgan fingerprint density at radius 1 is 0.897 bits per heavy atom. The minimum absolute atomic E-state index is 0.217. The maximum Gasteiger partial charge on any atom is 0.340 e. The Kier molecular flexibility index (Phi) is 8.19. The number of rotatable bonds is 9. The number of nitrogens with zero attached hydrogens (tertiary/aromatic N) is 1. The highest BCUT2D eigenvalue weighted by atomic mass is 16.5. The standard InChI is InChI=1S/C23H29NO5/c1-6-9-14-29-18-13-11-10-12-17(18)21-19(22(25)27-7-2)15(4)24-16(5)20(21)23(26)28-8-3/h10-13H,6-9,14H2,1-5H3. The molecule has 0 unspecified atom stereocenters. The van der Waals surface area contributed by atoms with Crippen LogP contribution in [0.25, 0.3) is 11.1 Å². The maximum absolute atomic E-state index is 12.8. The molecule has 0 saturated carbocycles. The summed E-state index contributed by atoms with van der Waals surface area (Å²) in [5.41, 5.74) is 2.58. The van der Waals surface area contributed by atoms with Crippen LogP contribution in [0.5, 0.6) is 5.75 Å². The van der Waals surface area contributed by atoms with Crippen LogP contribution >= 0.6 is 0 Å². The number of carbonyl (C=O) groups excluding carboxylic acids is 2. The van der Waals surface area contributed by atoms with E-state index in [0.29, 0.717) is 34.9 Å². The molecule has 1 heterocycles. The largest absolute Gasteiger partial charge is 0.493 e. The van der Waals surface area contributed by atoms with Crippen LogP contribution in [0.4, 0.5) is 0 Å². The van der Waals surface area contributed by atoms with E-state index in [4.69, 9.17) is 14.2 Å². The van der Waals surface area contributed by atoms with Crippen LogP contribution in [0.3, 0.4) is 0 Å². The molecule has 2 rings (SSSR count). The number of pyridine rings is 1. The number of hydrogen-bond acceptors (Lipinski definition) is 6. The Morgan fingerprint density at radius 3 is 1.97 bits per heavy atom. The van der Waals surface area contributed by atoms with E-state index in [1.165, 1.54) is 0 Å². The highest BCUT2D eigenvalue weighted by Gasteiger charge is 2.29. The number of benzene rings is 1. The molecule has 6 heteroatoms. The van der Waals surface area contributed by atoms with Gasteiger partial charge in [-0.1, -0.05) is 31.5 Å². The van der Waals surface area contributed by atoms with Gasteiger partial charge in [0, 0.05) is 11.1 Å². The van der Waals surface area contributed by atoms with Crippen molar-refractivity contribution in [1.29, 1.82) is 0 Å². The maximum atomic E-state index is 12.8. The van der Waals surface area contributed by atoms with Crippen molar-refractivity contribution in [2.45, 2.75) is 47.5 Å². The van der Waals surface area contributed by atoms with E-state index in [0.717, 1.165) is 12.8 Å². The van der Waals surface area contributed by atoms with Crippen molar-refractivity contribution in [2.24, 2.45) is 0 Å². The third kappa shape index (κ3) is 5.13. The molecule has 0 atom stereocenters. The lowest BCUT2D eigenvalue weighted by molar-refractivity contribution is 0.0525. The zero-order valence-corrected chi connectivity index (χ0v) is 17.8. The number of esters is 2. The topological polar surface area (TPSA) is 74.7 Å². The van der Waals surface area contributed by atoms with Gasteiger partial charge < -0.3 is 14.2 Å². The number of carbonyl (C=O) groups is 2. The van der Waals surface area contributed by atoms with E-state index in [1.807, 2.05) is 24.3 Å². The van der Waals surface area contributed by atoms with Crippen LogP contribution in [0.1, 0.15) is 65.7 Å². The van der Waals surface area contributed by atoms with Gasteiger partial charge in [-0.25, -0.2) is 9.59 Å². The zero-order chi connectivity index (χ0) is 21.4. The minimum atomic E-state index is -0.526. The molecule has 0 bridgehead atoms. The Morgan fingerprint density at radius 2 is 1.45 bits per heavy atom. The Hall–Kier alpha value is -2.89. The summed E-state index contributed by atoms with van der Waals surface area (Å²) < 4.78 is 16.5. The molecular weight excluding hydrogens is 370 g/mol. The first-order valence-electron chi connectivity index (χ1n) is 10.0. The molecule has 156 valence electrons. The lowest BCUT2D eigenvalue weighted by Crippen LogP contribution is -2.17. The number of para-hydroxylation sites is 1. The van der Waals surface area contributed by atoms with Crippen molar-refractivity contribution >= 4 is 11.9 Å². The van der Waals surface area contributed by atoms with E-state index in [2.05, 4.69) is 11.9 Å². The van der Waals surface area contributed by atoms with Crippen LogP contribution in [-0.2, 0) is 9.47 Å². The van der Waals surface area contributed by atoms with Crippen molar-refractivity contribution < 1.29 is 23.8 Å². The molecule has 29 heavy (non-hydrogen) atoms. The fraction of sp³-hybridized carbons (Fsp3) is 0.435. The molecular formula is C23H29NO5. The second-order valence-corrected chi connectivity index (χ2v) is 6.55. The molecule has 6 nitrogen and oxygen atoms in total. The summed E-state index contributed by atoms with van der Waals surface area (Å²) in [6, 6.07) is 7.37. The van der Waals surface area contributed by atoms with E-state index in [-0.39, 0.29) is 24.3 Å². The van der Waals surface area contributed by atoms with Gasteiger partial charge in [-0.2, -0.15) is 0 Å². The average molecular weight is 399 g/mol. The molecule has 0 amide bonds. The van der Waals surface area contributed by atoms with Gasteiger partial charge in [0.15, 0.2) is 0 Å². The van der Waals surface area contributed by atoms with E-state index in [1.54, 1.807) is 27.7 Å². The molecule has 1 aromatic carbocycles. The number of hydrogen-bond donors (Lipinski definition) is 0. The van der Waals surface area contributed by atoms with Crippen molar-refractivity contribution in [2.75, 3.05) is 19.8 Å². The second-order valence-electron chi connectivity index (χ2n) is 6.55. The van der Waals surface area contributed by atoms with Gasteiger partial charge in [-0.3, -0.25) is 4.98 Å². The summed E-state index contributed by atoms with van der Waals surface area (Å²) in [5, 5.41) is 0. The van der Waals surface area contributed by atoms with Crippen molar-refractivity contribution in [3.63, 3.8) is 0 Å². The molecule has 0 fully saturated rings. The monoisotopic (exact) mass is 399 g/mol. The second kappa shape index (κ2) is 10.6. The smallest absolute Gasteiger partial charge is 0.340 e. The van der Waals surface area contributed by atoms with Crippen LogP contribution in [0.15, 0.2) is 24.3 Å². The lowest BCUT2D eigenvalue weighted by Gasteiger charge is -2.20. The number of ether oxygens (including phenoxy) is 3. The predicted octanol–water partition coefficient (Wildman–Crippen LogP) is 4.90. The number of aromatic nitrogens is 1. The van der Waals surface area contributed by atoms with Gasteiger partial charge in [0.1, 0.15) is 5.75 Å². The molecule has 0 aliphatic heterocycles. The fourth-order valence-electron chi connectivity index (χ4n) is 3.15. The summed E-state index contributed by atoms with van der Waals surface area (Å²) in [7, 11) is 0. The van der Waals surface area contributed by atoms with Crippen LogP contribution < -0.4 is 4.74 Å². The highest BCUT2D eigenvalue weighted by molar-refractivity contribution is 6.07. The Balaban J connectivity index is 2.80. The molecule has 0 aliphatic rings. The minimum Gasteiger partial charge on any atom is -0.493 e. The highest BCUT2D eigenvalue weighted by Crippen LogP contribution is 2.38. The van der Waals surface area contributed by atoms with Crippen LogP contribution in [-0.4, -0.2) is 36.7 Å². The summed E-state index contributed by atoms with van der Waals surface area (Å²) >= 11 is 0. The van der Waals surface area contributed by atoms with Crippen molar-refractivity contribution in [1.82, 2.24) is 4.98 Å². The third-order valence-corrected chi connectivity index (χ3v) is 4.43. The van der Waals surface area contributed by atoms with Gasteiger partial charge in [0.05, 0.1) is 42.3 Å². The summed E-state index contributed by atoms with van der Waals surface area (Å²) in [4.78, 5) is 30.1. The quantitative estimate of drug-likeness (QED) is 0.441. The van der Waals surface area contributed by atoms with Gasteiger partial charge in [0.25, 0.3) is 0 Å². The molecule has 0 spiro atoms. The molecule has 0 radical (unpaired) electrons. The van der Waals surface area contributed by atoms with E-state index >= 15 is 0 Å². The zero-order valence-electron chi connectivity index (χ0n) is 17.8. The third-order valence-electron chi connectivity index (χ3n) is 4.43. The first kappa shape index (κ1) is 22.4. The predicted molar refractivity (Wildman–Crippen MR) is 111 cm³/mol. The van der Waals surface area contributed by atoms with Gasteiger partial charge in [0.2, 0.25) is 0 Å². The average Bonchev–Trinajstić information content (AvgIpc) is 2.68. The molecule has 0 saturated heterocycles. The Labute approximate surface area is 172 Å². The first-order chi connectivity index (χ1) is 14.0. The van der Waals surface area contributed by atoms with Gasteiger partial charge in [-0.05, 0) is 40.2 Å². The SMILES string of the molecule is CCCCOc1ccccc1-c1c(C(=O)OCC)c(C)nc(C)c1C(=O)OCC. The van der Waals surface area contributed by atoms with Gasteiger partial charge >= 0.3 is 11.9 Å². The van der Waals surface area contributed by atoms with E-state index < -0.39 is 11.9 Å². The summed E-state index contributed by atoms with van der Waals surface area (Å²) in [5.74, 6) is -0.454. The van der Waals surface area contributed by atoms with E-state index in [9.17, 15) is 9.59 Å². The van der Waals surface area contributed by atoms with Gasteiger partial charge in [-0.15, -0.1) is 0 Å². The number of aryl methyl sites for hydroxylation is 2. The number of unbranched alkanes of at least 4 members (excludes halogenated alkanes) is 1. The van der Waals surface area contributed by atoms with Crippen molar-refractivity contribution in [3.8, 4) is 16.9 Å². The van der Waals surface area contributed by atoms with Crippen LogP contribution in [0.2, 0.25) is 0 Å². The normalized spacial score (nSPS) is 10.5. The summed E-state index contributed by atoms with van der Waals surface area (Å²) in [6.45, 7) is 10.0. The van der Waals surface area contributed by atoms with Crippen LogP contribution in [0, 0.1) is 13.8 Å². The summed E-state index contributed by atoms with van der Waals surface area (Å²) in [6.07, 6.45) is 1.90. The fourth-order valence-corrected chi connectivity index (χ4v) is 3.15. The van der Waals surface area contributed by atoms with Crippen molar-refractivity contribution in [3.05, 3.63) is 46.8 Å².